The van der Waals surface area contributed by atoms with Crippen molar-refractivity contribution in [2.45, 2.75) is 38.5 Å². The number of hydrogen-bond acceptors (Lipinski definition) is 2. The number of alkyl halides is 3. The van der Waals surface area contributed by atoms with Gasteiger partial charge in [-0.2, -0.15) is 13.2 Å². The van der Waals surface area contributed by atoms with Gasteiger partial charge in [0.15, 0.2) is 5.78 Å². The first-order chi connectivity index (χ1) is 9.07. The van der Waals surface area contributed by atoms with Crippen LogP contribution in [0.25, 0.3) is 0 Å². The molecule has 0 aliphatic heterocycles. The standard InChI is InChI=1S/C14H16BrF3O2/c1-13(2,20-3)7-6-12(19)10-5-4-9(15)8-11(10)14(16,17)18/h4-5,8H,6-7H2,1-3H3. The molecule has 0 bridgehead atoms. The van der Waals surface area contributed by atoms with Gasteiger partial charge >= 0.3 is 6.18 Å². The molecule has 112 valence electrons. The van der Waals surface area contributed by atoms with Gasteiger partial charge in [-0.05, 0) is 38.5 Å². The Bertz CT molecular complexity index is 496. The van der Waals surface area contributed by atoms with Crippen LogP contribution in [0.2, 0.25) is 0 Å². The highest BCUT2D eigenvalue weighted by molar-refractivity contribution is 9.10. The quantitative estimate of drug-likeness (QED) is 0.707. The van der Waals surface area contributed by atoms with E-state index in [0.717, 1.165) is 6.07 Å². The Labute approximate surface area is 124 Å². The van der Waals surface area contributed by atoms with Crippen molar-refractivity contribution in [1.82, 2.24) is 0 Å². The Hall–Kier alpha value is -0.880. The number of ether oxygens (including phenoxy) is 1. The first kappa shape index (κ1) is 17.2. The van der Waals surface area contributed by atoms with E-state index in [9.17, 15) is 18.0 Å². The lowest BCUT2D eigenvalue weighted by molar-refractivity contribution is -0.138. The van der Waals surface area contributed by atoms with Gasteiger partial charge in [-0.3, -0.25) is 4.79 Å². The molecule has 0 saturated heterocycles. The first-order valence-corrected chi connectivity index (χ1v) is 6.81. The number of carbonyl (C=O) groups is 1. The lowest BCUT2D eigenvalue weighted by atomic mass is 9.95. The summed E-state index contributed by atoms with van der Waals surface area (Å²) in [5.74, 6) is -0.532. The minimum atomic E-state index is -4.55. The summed E-state index contributed by atoms with van der Waals surface area (Å²) in [5, 5.41) is 0. The second-order valence-corrected chi connectivity index (χ2v) is 5.99. The highest BCUT2D eigenvalue weighted by atomic mass is 79.9. The lowest BCUT2D eigenvalue weighted by Crippen LogP contribution is -2.24. The first-order valence-electron chi connectivity index (χ1n) is 6.02. The second-order valence-electron chi connectivity index (χ2n) is 5.07. The van der Waals surface area contributed by atoms with Gasteiger partial charge in [0, 0.05) is 23.6 Å². The molecule has 0 heterocycles. The summed E-state index contributed by atoms with van der Waals surface area (Å²) in [6.45, 7) is 3.57. The monoisotopic (exact) mass is 352 g/mol. The predicted molar refractivity (Wildman–Crippen MR) is 73.8 cm³/mol. The molecule has 0 aliphatic rings. The van der Waals surface area contributed by atoms with Gasteiger partial charge in [0.1, 0.15) is 0 Å². The Kier molecular flexibility index (Phi) is 5.38. The number of benzene rings is 1. The minimum Gasteiger partial charge on any atom is -0.379 e. The average Bonchev–Trinajstić information content (AvgIpc) is 2.35. The number of Topliss-reactive ketones (excluding diaryl/α,β-unsaturated/α-hetero) is 1. The smallest absolute Gasteiger partial charge is 0.379 e. The third-order valence-electron chi connectivity index (χ3n) is 3.09. The molecule has 6 heteroatoms. The van der Waals surface area contributed by atoms with Gasteiger partial charge in [-0.25, -0.2) is 0 Å². The fourth-order valence-electron chi connectivity index (χ4n) is 1.65. The number of methoxy groups -OCH3 is 1. The topological polar surface area (TPSA) is 26.3 Å². The molecule has 20 heavy (non-hydrogen) atoms. The maximum atomic E-state index is 12.9. The fourth-order valence-corrected chi connectivity index (χ4v) is 2.01. The van der Waals surface area contributed by atoms with Crippen molar-refractivity contribution >= 4 is 21.7 Å². The van der Waals surface area contributed by atoms with Crippen LogP contribution >= 0.6 is 15.9 Å². The molecule has 0 spiro atoms. The lowest BCUT2D eigenvalue weighted by Gasteiger charge is -2.22. The Morgan fingerprint density at radius 3 is 2.40 bits per heavy atom. The third kappa shape index (κ3) is 4.59. The molecule has 0 N–H and O–H groups in total. The number of hydrogen-bond donors (Lipinski definition) is 0. The van der Waals surface area contributed by atoms with Gasteiger partial charge < -0.3 is 4.74 Å². The van der Waals surface area contributed by atoms with E-state index in [4.69, 9.17) is 4.74 Å². The summed E-state index contributed by atoms with van der Waals surface area (Å²) < 4.78 is 44.2. The number of halogens is 4. The second kappa shape index (κ2) is 6.26. The molecule has 0 atom stereocenters. The van der Waals surface area contributed by atoms with Crippen LogP contribution in [0.1, 0.15) is 42.6 Å². The Balaban J connectivity index is 2.99. The highest BCUT2D eigenvalue weighted by Crippen LogP contribution is 2.34. The van der Waals surface area contributed by atoms with E-state index in [1.54, 1.807) is 13.8 Å². The molecule has 1 aromatic carbocycles. The molecule has 0 fully saturated rings. The van der Waals surface area contributed by atoms with E-state index >= 15 is 0 Å². The molecular formula is C14H16BrF3O2. The van der Waals surface area contributed by atoms with Gasteiger partial charge in [0.2, 0.25) is 0 Å². The van der Waals surface area contributed by atoms with E-state index in [1.807, 2.05) is 0 Å². The third-order valence-corrected chi connectivity index (χ3v) is 3.59. The molecule has 0 unspecified atom stereocenters. The molecule has 0 aliphatic carbocycles. The van der Waals surface area contributed by atoms with E-state index in [1.165, 1.54) is 19.2 Å². The van der Waals surface area contributed by atoms with Crippen LogP contribution in [0, 0.1) is 0 Å². The summed E-state index contributed by atoms with van der Waals surface area (Å²) in [7, 11) is 1.51. The zero-order valence-electron chi connectivity index (χ0n) is 11.5. The Morgan fingerprint density at radius 2 is 1.90 bits per heavy atom. The average molecular weight is 353 g/mol. The van der Waals surface area contributed by atoms with Crippen molar-refractivity contribution in [3.05, 3.63) is 33.8 Å². The van der Waals surface area contributed by atoms with Crippen LogP contribution in [-0.4, -0.2) is 18.5 Å². The molecule has 1 aromatic rings. The van der Waals surface area contributed by atoms with Crippen LogP contribution < -0.4 is 0 Å². The van der Waals surface area contributed by atoms with Crippen LogP contribution in [-0.2, 0) is 10.9 Å². The summed E-state index contributed by atoms with van der Waals surface area (Å²) in [6.07, 6.45) is -4.19. The van der Waals surface area contributed by atoms with Gasteiger partial charge in [0.25, 0.3) is 0 Å². The molecule has 0 saturated carbocycles. The zero-order chi connectivity index (χ0) is 15.6. The van der Waals surface area contributed by atoms with Crippen molar-refractivity contribution in [3.63, 3.8) is 0 Å². The molecule has 1 rings (SSSR count). The van der Waals surface area contributed by atoms with Crippen molar-refractivity contribution in [2.75, 3.05) is 7.11 Å². The molecular weight excluding hydrogens is 337 g/mol. The normalized spacial score (nSPS) is 12.6. The van der Waals surface area contributed by atoms with E-state index < -0.39 is 23.1 Å². The van der Waals surface area contributed by atoms with Crippen molar-refractivity contribution in [3.8, 4) is 0 Å². The molecule has 0 radical (unpaired) electrons. The van der Waals surface area contributed by atoms with Gasteiger partial charge in [-0.15, -0.1) is 0 Å². The minimum absolute atomic E-state index is 0.00551. The van der Waals surface area contributed by atoms with Crippen molar-refractivity contribution in [2.24, 2.45) is 0 Å². The summed E-state index contributed by atoms with van der Waals surface area (Å²) in [5.41, 5.74) is -1.75. The Morgan fingerprint density at radius 1 is 1.30 bits per heavy atom. The summed E-state index contributed by atoms with van der Waals surface area (Å²) >= 11 is 2.99. The van der Waals surface area contributed by atoms with Crippen LogP contribution in [0.4, 0.5) is 13.2 Å². The van der Waals surface area contributed by atoms with Crippen molar-refractivity contribution < 1.29 is 22.7 Å². The zero-order valence-corrected chi connectivity index (χ0v) is 13.1. The van der Waals surface area contributed by atoms with Gasteiger partial charge in [-0.1, -0.05) is 15.9 Å². The van der Waals surface area contributed by atoms with E-state index in [2.05, 4.69) is 15.9 Å². The highest BCUT2D eigenvalue weighted by Gasteiger charge is 2.35. The number of ketones is 1. The maximum absolute atomic E-state index is 12.9. The summed E-state index contributed by atoms with van der Waals surface area (Å²) in [4.78, 5) is 12.0. The largest absolute Gasteiger partial charge is 0.417 e. The van der Waals surface area contributed by atoms with Crippen LogP contribution in [0.3, 0.4) is 0 Å². The number of carbonyl (C=O) groups excluding carboxylic acids is 1. The predicted octanol–water partition coefficient (Wildman–Crippen LogP) is 4.86. The molecule has 0 amide bonds. The van der Waals surface area contributed by atoms with E-state index in [-0.39, 0.29) is 12.0 Å². The SMILES string of the molecule is COC(C)(C)CCC(=O)c1ccc(Br)cc1C(F)(F)F. The van der Waals surface area contributed by atoms with Crippen molar-refractivity contribution in [1.29, 1.82) is 0 Å². The number of rotatable bonds is 5. The van der Waals surface area contributed by atoms with Crippen LogP contribution in [0.5, 0.6) is 0 Å². The summed E-state index contributed by atoms with van der Waals surface area (Å²) in [6, 6.07) is 3.56. The van der Waals surface area contributed by atoms with E-state index in [0.29, 0.717) is 10.9 Å². The molecule has 2 nitrogen and oxygen atoms in total. The van der Waals surface area contributed by atoms with Crippen LogP contribution in [0.15, 0.2) is 22.7 Å². The van der Waals surface area contributed by atoms with Gasteiger partial charge in [0.05, 0.1) is 11.2 Å². The maximum Gasteiger partial charge on any atom is 0.417 e. The molecule has 0 aromatic heterocycles. The fraction of sp³-hybridized carbons (Fsp3) is 0.500.